The maximum atomic E-state index is 4.33. The Morgan fingerprint density at radius 2 is 1.67 bits per heavy atom. The summed E-state index contributed by atoms with van der Waals surface area (Å²) in [5.74, 6) is 5.82. The van der Waals surface area contributed by atoms with E-state index in [1.807, 2.05) is 0 Å². The van der Waals surface area contributed by atoms with Crippen molar-refractivity contribution in [2.75, 3.05) is 0 Å². The third-order valence-electron chi connectivity index (χ3n) is 10.8. The lowest BCUT2D eigenvalue weighted by Gasteiger charge is -2.57. The highest BCUT2D eigenvalue weighted by molar-refractivity contribution is 5.37. The van der Waals surface area contributed by atoms with Crippen molar-refractivity contribution in [3.63, 3.8) is 0 Å². The first-order valence-corrected chi connectivity index (χ1v) is 14.1. The van der Waals surface area contributed by atoms with E-state index < -0.39 is 0 Å². The fourth-order valence-corrected chi connectivity index (χ4v) is 9.25. The van der Waals surface area contributed by atoms with E-state index in [0.717, 1.165) is 41.1 Å². The van der Waals surface area contributed by atoms with Crippen LogP contribution < -0.4 is 5.32 Å². The minimum absolute atomic E-state index is 0.501. The van der Waals surface area contributed by atoms with Crippen LogP contribution in [0.5, 0.6) is 0 Å². The summed E-state index contributed by atoms with van der Waals surface area (Å²) in [6.07, 6.45) is 23.9. The van der Waals surface area contributed by atoms with Gasteiger partial charge in [-0.05, 0) is 130 Å². The highest BCUT2D eigenvalue weighted by Gasteiger charge is 2.58. The van der Waals surface area contributed by atoms with Crippen molar-refractivity contribution < 1.29 is 0 Å². The highest BCUT2D eigenvalue weighted by atomic mass is 14.9. The Bertz CT molecular complexity index is 797. The molecule has 0 aromatic heterocycles. The summed E-state index contributed by atoms with van der Waals surface area (Å²) in [5.41, 5.74) is 3.39. The number of fused-ring (bicyclic) bond motifs is 5. The quantitative estimate of drug-likeness (QED) is 0.399. The van der Waals surface area contributed by atoms with E-state index >= 15 is 0 Å². The molecule has 0 aromatic rings. The van der Waals surface area contributed by atoms with Crippen molar-refractivity contribution in [1.82, 2.24) is 5.32 Å². The molecule has 0 amide bonds. The Morgan fingerprint density at radius 3 is 2.39 bits per heavy atom. The number of hydrogen-bond acceptors (Lipinski definition) is 1. The van der Waals surface area contributed by atoms with Crippen LogP contribution in [0, 0.1) is 46.3 Å². The largest absolute Gasteiger partial charge is 0.382 e. The van der Waals surface area contributed by atoms with Crippen LogP contribution in [-0.2, 0) is 0 Å². The zero-order valence-electron chi connectivity index (χ0n) is 22.5. The molecule has 1 nitrogen and oxygen atoms in total. The van der Waals surface area contributed by atoms with Crippen LogP contribution >= 0.6 is 0 Å². The summed E-state index contributed by atoms with van der Waals surface area (Å²) >= 11 is 0. The monoisotopic (exact) mass is 449 g/mol. The van der Waals surface area contributed by atoms with E-state index in [1.54, 1.807) is 0 Å². The van der Waals surface area contributed by atoms with Gasteiger partial charge in [0.1, 0.15) is 0 Å². The third-order valence-corrected chi connectivity index (χ3v) is 10.8. The van der Waals surface area contributed by atoms with E-state index in [0.29, 0.717) is 16.9 Å². The predicted octanol–water partition coefficient (Wildman–Crippen LogP) is 8.85. The predicted molar refractivity (Wildman–Crippen MR) is 144 cm³/mol. The zero-order valence-corrected chi connectivity index (χ0v) is 22.5. The van der Waals surface area contributed by atoms with Gasteiger partial charge >= 0.3 is 0 Å². The second kappa shape index (κ2) is 9.79. The average molecular weight is 450 g/mol. The summed E-state index contributed by atoms with van der Waals surface area (Å²) in [7, 11) is 0. The van der Waals surface area contributed by atoms with Crippen molar-refractivity contribution in [2.45, 2.75) is 105 Å². The van der Waals surface area contributed by atoms with Crippen LogP contribution in [-0.4, -0.2) is 6.04 Å². The number of allylic oxidation sites excluding steroid dienone is 5. The Labute approximate surface area is 205 Å². The van der Waals surface area contributed by atoms with Crippen LogP contribution in [0.4, 0.5) is 0 Å². The van der Waals surface area contributed by atoms with E-state index in [-0.39, 0.29) is 0 Å². The van der Waals surface area contributed by atoms with Crippen molar-refractivity contribution >= 4 is 0 Å². The van der Waals surface area contributed by atoms with Gasteiger partial charge in [0, 0.05) is 11.7 Å². The van der Waals surface area contributed by atoms with Crippen LogP contribution in [0.2, 0.25) is 0 Å². The summed E-state index contributed by atoms with van der Waals surface area (Å²) in [5, 5.41) is 3.91. The Kier molecular flexibility index (Phi) is 7.38. The van der Waals surface area contributed by atoms with Gasteiger partial charge in [-0.3, -0.25) is 0 Å². The van der Waals surface area contributed by atoms with Gasteiger partial charge in [0.05, 0.1) is 0 Å². The van der Waals surface area contributed by atoms with Crippen molar-refractivity contribution in [1.29, 1.82) is 0 Å². The van der Waals surface area contributed by atoms with E-state index in [9.17, 15) is 0 Å². The van der Waals surface area contributed by atoms with Crippen LogP contribution in [0.1, 0.15) is 99.3 Å². The van der Waals surface area contributed by atoms with Gasteiger partial charge in [0.15, 0.2) is 0 Å². The van der Waals surface area contributed by atoms with Gasteiger partial charge in [0.25, 0.3) is 0 Å². The molecule has 4 aliphatic carbocycles. The second-order valence-corrected chi connectivity index (χ2v) is 13.1. The molecule has 4 rings (SSSR count). The van der Waals surface area contributed by atoms with E-state index in [1.165, 1.54) is 63.5 Å². The molecular weight excluding hydrogens is 398 g/mol. The smallest absolute Gasteiger partial charge is 0.0366 e. The van der Waals surface area contributed by atoms with Crippen LogP contribution in [0.3, 0.4) is 0 Å². The standard InChI is InChI=1S/C32H51N/c1-8-10-11-12-22(3)30(9-2)33-23(4)28-15-16-29-27-14-13-24-21-31(5,6)19-17-25(24)26(27)18-20-32(28,29)7/h8-12,23-29,33H,3,13-21H2,1-2,4-7H3/b10-8-,12-11-,30-9+/t23-,24?,25-,26+,27+,28+,29-,32+/m0/s1. The Hall–Kier alpha value is -1.24. The summed E-state index contributed by atoms with van der Waals surface area (Å²) in [6.45, 7) is 18.7. The molecule has 4 saturated carbocycles. The molecule has 4 fully saturated rings. The zero-order chi connectivity index (χ0) is 23.8. The fourth-order valence-electron chi connectivity index (χ4n) is 9.25. The number of rotatable bonds is 6. The summed E-state index contributed by atoms with van der Waals surface area (Å²) in [6, 6.07) is 0.501. The maximum absolute atomic E-state index is 4.33. The molecule has 184 valence electrons. The first-order valence-electron chi connectivity index (χ1n) is 14.1. The SMILES string of the molecule is C=C(/C=C\C=C/C)/C(=C\C)N[C@@H](C)[C@H]1CC[C@H]2[C@@H]3CCC4CC(C)(C)CC[C@@H]4[C@H]3CC[C@]12C. The maximum Gasteiger partial charge on any atom is 0.0366 e. The van der Waals surface area contributed by atoms with Gasteiger partial charge in [-0.1, -0.05) is 57.7 Å². The molecule has 0 aromatic carbocycles. The molecule has 0 spiro atoms. The van der Waals surface area contributed by atoms with Gasteiger partial charge in [0.2, 0.25) is 0 Å². The Morgan fingerprint density at radius 1 is 0.909 bits per heavy atom. The van der Waals surface area contributed by atoms with Gasteiger partial charge in [-0.2, -0.15) is 0 Å². The van der Waals surface area contributed by atoms with Gasteiger partial charge in [-0.15, -0.1) is 0 Å². The molecule has 4 aliphatic rings. The number of hydrogen-bond donors (Lipinski definition) is 1. The topological polar surface area (TPSA) is 12.0 Å². The molecule has 0 bridgehead atoms. The normalized spacial score (nSPS) is 41.5. The summed E-state index contributed by atoms with van der Waals surface area (Å²) < 4.78 is 0. The minimum atomic E-state index is 0.501. The molecule has 0 radical (unpaired) electrons. The van der Waals surface area contributed by atoms with Crippen molar-refractivity contribution in [3.8, 4) is 0 Å². The second-order valence-electron chi connectivity index (χ2n) is 13.1. The minimum Gasteiger partial charge on any atom is -0.382 e. The van der Waals surface area contributed by atoms with Gasteiger partial charge < -0.3 is 5.32 Å². The molecule has 0 saturated heterocycles. The molecule has 1 heteroatoms. The lowest BCUT2D eigenvalue weighted by Crippen LogP contribution is -2.51. The first kappa shape index (κ1) is 24.9. The lowest BCUT2D eigenvalue weighted by atomic mass is 9.48. The molecule has 0 heterocycles. The fraction of sp³-hybridized carbons (Fsp3) is 0.750. The molecule has 0 aliphatic heterocycles. The molecule has 33 heavy (non-hydrogen) atoms. The third kappa shape index (κ3) is 4.81. The molecule has 1 N–H and O–H groups in total. The van der Waals surface area contributed by atoms with E-state index in [4.69, 9.17) is 0 Å². The Balaban J connectivity index is 1.44. The first-order chi connectivity index (χ1) is 15.7. The average Bonchev–Trinajstić information content (AvgIpc) is 3.13. The molecule has 8 atom stereocenters. The van der Waals surface area contributed by atoms with Crippen LogP contribution in [0.15, 0.2) is 48.2 Å². The van der Waals surface area contributed by atoms with Gasteiger partial charge in [-0.25, -0.2) is 0 Å². The van der Waals surface area contributed by atoms with Crippen molar-refractivity contribution in [3.05, 3.63) is 48.2 Å². The summed E-state index contributed by atoms with van der Waals surface area (Å²) in [4.78, 5) is 0. The van der Waals surface area contributed by atoms with E-state index in [2.05, 4.69) is 83.8 Å². The van der Waals surface area contributed by atoms with Crippen molar-refractivity contribution in [2.24, 2.45) is 46.3 Å². The number of nitrogens with one attached hydrogen (secondary N) is 1. The molecule has 1 unspecified atom stereocenters. The molecular formula is C32H51N. The lowest BCUT2D eigenvalue weighted by molar-refractivity contribution is -0.0782. The van der Waals surface area contributed by atoms with Crippen LogP contribution in [0.25, 0.3) is 0 Å². The highest BCUT2D eigenvalue weighted by Crippen LogP contribution is 2.65.